The van der Waals surface area contributed by atoms with Crippen LogP contribution in [0.25, 0.3) is 0 Å². The molecule has 1 aromatic rings. The van der Waals surface area contributed by atoms with Gasteiger partial charge in [0.15, 0.2) is 5.82 Å². The Morgan fingerprint density at radius 1 is 1.44 bits per heavy atom. The van der Waals surface area contributed by atoms with Gasteiger partial charge in [-0.3, -0.25) is 0 Å². The van der Waals surface area contributed by atoms with Crippen LogP contribution in [0.15, 0.2) is 0 Å². The minimum absolute atomic E-state index is 0.304. The topological polar surface area (TPSA) is 84.0 Å². The van der Waals surface area contributed by atoms with Crippen LogP contribution in [0.2, 0.25) is 0 Å². The van der Waals surface area contributed by atoms with Crippen molar-refractivity contribution >= 4 is 22.4 Å². The molecule has 18 heavy (non-hydrogen) atoms. The van der Waals surface area contributed by atoms with Crippen molar-refractivity contribution in [2.24, 2.45) is 0 Å². The van der Waals surface area contributed by atoms with E-state index in [1.54, 1.807) is 0 Å². The van der Waals surface area contributed by atoms with Crippen molar-refractivity contribution in [3.63, 3.8) is 0 Å². The first kappa shape index (κ1) is 13.1. The van der Waals surface area contributed by atoms with Crippen LogP contribution in [-0.4, -0.2) is 23.6 Å². The summed E-state index contributed by atoms with van der Waals surface area (Å²) < 4.78 is 9.74. The molecule has 1 aliphatic carbocycles. The zero-order valence-electron chi connectivity index (χ0n) is 10.3. The molecule has 0 spiro atoms. The first-order valence-electron chi connectivity index (χ1n) is 6.32. The monoisotopic (exact) mass is 266 g/mol. The molecule has 3 N–H and O–H groups in total. The molecular weight excluding hydrogens is 248 g/mol. The molecule has 1 aliphatic rings. The molecular formula is C12H18N4OS. The minimum atomic E-state index is 0.304. The van der Waals surface area contributed by atoms with E-state index in [-0.39, 0.29) is 0 Å². The fourth-order valence-electron chi connectivity index (χ4n) is 2.15. The summed E-state index contributed by atoms with van der Waals surface area (Å²) >= 11 is 1.22. The molecule has 1 heterocycles. The lowest BCUT2D eigenvalue weighted by atomic mass is 9.98. The van der Waals surface area contributed by atoms with Crippen LogP contribution in [0.3, 0.4) is 0 Å². The Morgan fingerprint density at radius 2 is 2.22 bits per heavy atom. The number of aromatic nitrogens is 1. The summed E-state index contributed by atoms with van der Waals surface area (Å²) in [6, 6.07) is 2.05. The van der Waals surface area contributed by atoms with E-state index in [9.17, 15) is 0 Å². The standard InChI is InChI=1S/C12H18N4OS/c13-8-10-11(14)16-18-12(10)15-6-7-17-9-4-2-1-3-5-9/h9,15H,1-7H2,(H2,14,16). The predicted octanol–water partition coefficient (Wildman–Crippen LogP) is 2.36. The van der Waals surface area contributed by atoms with Gasteiger partial charge in [0.05, 0.1) is 12.7 Å². The molecule has 0 aliphatic heterocycles. The van der Waals surface area contributed by atoms with Crippen LogP contribution < -0.4 is 11.1 Å². The molecule has 0 unspecified atom stereocenters. The van der Waals surface area contributed by atoms with Crippen LogP contribution in [0, 0.1) is 11.3 Å². The molecule has 0 radical (unpaired) electrons. The van der Waals surface area contributed by atoms with Crippen LogP contribution in [-0.2, 0) is 4.74 Å². The van der Waals surface area contributed by atoms with E-state index in [0.717, 1.165) is 5.00 Å². The molecule has 1 aromatic heterocycles. The molecule has 6 heteroatoms. The van der Waals surface area contributed by atoms with E-state index in [0.29, 0.717) is 30.6 Å². The number of hydrogen-bond donors (Lipinski definition) is 2. The quantitative estimate of drug-likeness (QED) is 0.799. The van der Waals surface area contributed by atoms with Gasteiger partial charge in [-0.25, -0.2) is 0 Å². The van der Waals surface area contributed by atoms with Gasteiger partial charge in [-0.05, 0) is 24.4 Å². The summed E-state index contributed by atoms with van der Waals surface area (Å²) in [7, 11) is 0. The van der Waals surface area contributed by atoms with Crippen molar-refractivity contribution in [1.29, 1.82) is 5.26 Å². The first-order valence-corrected chi connectivity index (χ1v) is 7.09. The molecule has 1 saturated carbocycles. The van der Waals surface area contributed by atoms with E-state index in [2.05, 4.69) is 15.8 Å². The molecule has 98 valence electrons. The van der Waals surface area contributed by atoms with Crippen LogP contribution in [0.1, 0.15) is 37.7 Å². The number of ether oxygens (including phenoxy) is 1. The molecule has 0 aromatic carbocycles. The van der Waals surface area contributed by atoms with Crippen molar-refractivity contribution < 1.29 is 4.74 Å². The van der Waals surface area contributed by atoms with Gasteiger partial charge in [-0.2, -0.15) is 9.64 Å². The number of anilines is 2. The summed E-state index contributed by atoms with van der Waals surface area (Å²) in [5.41, 5.74) is 6.02. The number of nitrogen functional groups attached to an aromatic ring is 1. The van der Waals surface area contributed by atoms with Gasteiger partial charge >= 0.3 is 0 Å². The Hall–Kier alpha value is -1.32. The van der Waals surface area contributed by atoms with Crippen molar-refractivity contribution in [2.45, 2.75) is 38.2 Å². The third-order valence-corrected chi connectivity index (χ3v) is 3.94. The summed E-state index contributed by atoms with van der Waals surface area (Å²) in [4.78, 5) is 0. The zero-order chi connectivity index (χ0) is 12.8. The molecule has 0 amide bonds. The van der Waals surface area contributed by atoms with Crippen LogP contribution >= 0.6 is 11.5 Å². The second-order valence-electron chi connectivity index (χ2n) is 4.44. The molecule has 0 saturated heterocycles. The highest BCUT2D eigenvalue weighted by molar-refractivity contribution is 7.10. The van der Waals surface area contributed by atoms with Crippen molar-refractivity contribution in [1.82, 2.24) is 4.37 Å². The number of nitrogens with zero attached hydrogens (tertiary/aromatic N) is 2. The Bertz CT molecular complexity index is 420. The molecule has 5 nitrogen and oxygen atoms in total. The van der Waals surface area contributed by atoms with E-state index in [4.69, 9.17) is 15.7 Å². The van der Waals surface area contributed by atoms with Crippen molar-refractivity contribution in [3.8, 4) is 6.07 Å². The average Bonchev–Trinajstić information content (AvgIpc) is 2.76. The van der Waals surface area contributed by atoms with E-state index in [1.807, 2.05) is 0 Å². The molecule has 1 fully saturated rings. The third-order valence-electron chi connectivity index (χ3n) is 3.12. The SMILES string of the molecule is N#Cc1c(N)nsc1NCCOC1CCCCC1. The lowest BCUT2D eigenvalue weighted by Gasteiger charge is -2.21. The molecule has 0 bridgehead atoms. The number of hydrogen-bond acceptors (Lipinski definition) is 6. The maximum Gasteiger partial charge on any atom is 0.157 e. The predicted molar refractivity (Wildman–Crippen MR) is 72.6 cm³/mol. The Balaban J connectivity index is 1.70. The lowest BCUT2D eigenvalue weighted by Crippen LogP contribution is -2.20. The largest absolute Gasteiger partial charge is 0.382 e. The number of nitrogens with two attached hydrogens (primary N) is 1. The number of nitriles is 1. The fourth-order valence-corrected chi connectivity index (χ4v) is 2.84. The Kier molecular flexibility index (Phi) is 4.79. The van der Waals surface area contributed by atoms with E-state index < -0.39 is 0 Å². The van der Waals surface area contributed by atoms with Gasteiger partial charge in [-0.15, -0.1) is 0 Å². The molecule has 2 rings (SSSR count). The van der Waals surface area contributed by atoms with Crippen LogP contribution in [0.4, 0.5) is 10.8 Å². The highest BCUT2D eigenvalue weighted by Crippen LogP contribution is 2.25. The summed E-state index contributed by atoms with van der Waals surface area (Å²) in [6.07, 6.45) is 6.67. The lowest BCUT2D eigenvalue weighted by molar-refractivity contribution is 0.0348. The second-order valence-corrected chi connectivity index (χ2v) is 5.21. The van der Waals surface area contributed by atoms with Gasteiger partial charge in [-0.1, -0.05) is 19.3 Å². The van der Waals surface area contributed by atoms with E-state index >= 15 is 0 Å². The number of nitrogens with one attached hydrogen (secondary N) is 1. The highest BCUT2D eigenvalue weighted by atomic mass is 32.1. The average molecular weight is 266 g/mol. The second kappa shape index (κ2) is 6.57. The fraction of sp³-hybridized carbons (Fsp3) is 0.667. The van der Waals surface area contributed by atoms with E-state index in [1.165, 1.54) is 43.6 Å². The van der Waals surface area contributed by atoms with Gasteiger partial charge in [0, 0.05) is 6.54 Å². The highest BCUT2D eigenvalue weighted by Gasteiger charge is 2.14. The maximum atomic E-state index is 8.91. The maximum absolute atomic E-state index is 8.91. The van der Waals surface area contributed by atoms with Gasteiger partial charge in [0.2, 0.25) is 0 Å². The minimum Gasteiger partial charge on any atom is -0.382 e. The van der Waals surface area contributed by atoms with Crippen molar-refractivity contribution in [2.75, 3.05) is 24.2 Å². The summed E-state index contributed by atoms with van der Waals surface area (Å²) in [5, 5.41) is 12.8. The Morgan fingerprint density at radius 3 is 2.94 bits per heavy atom. The Labute approximate surface area is 111 Å². The normalized spacial score (nSPS) is 16.4. The van der Waals surface area contributed by atoms with Crippen molar-refractivity contribution in [3.05, 3.63) is 5.56 Å². The summed E-state index contributed by atoms with van der Waals surface area (Å²) in [5.74, 6) is 0.304. The summed E-state index contributed by atoms with van der Waals surface area (Å²) in [6.45, 7) is 1.35. The zero-order valence-corrected chi connectivity index (χ0v) is 11.1. The van der Waals surface area contributed by atoms with Gasteiger partial charge in [0.1, 0.15) is 16.6 Å². The number of rotatable bonds is 5. The third kappa shape index (κ3) is 3.34. The molecule has 0 atom stereocenters. The van der Waals surface area contributed by atoms with Gasteiger partial charge in [0.25, 0.3) is 0 Å². The van der Waals surface area contributed by atoms with Gasteiger partial charge < -0.3 is 15.8 Å². The first-order chi connectivity index (χ1) is 8.81. The van der Waals surface area contributed by atoms with Crippen LogP contribution in [0.5, 0.6) is 0 Å². The smallest absolute Gasteiger partial charge is 0.157 e.